The zero-order valence-electron chi connectivity index (χ0n) is 16.1. The third-order valence-electron chi connectivity index (χ3n) is 4.50. The zero-order chi connectivity index (χ0) is 20.1. The largest absolute Gasteiger partial charge is 0.494 e. The van der Waals surface area contributed by atoms with Crippen molar-refractivity contribution in [2.24, 2.45) is 0 Å². The lowest BCUT2D eigenvalue weighted by Crippen LogP contribution is -2.13. The molecule has 4 aromatic rings. The van der Waals surface area contributed by atoms with Crippen molar-refractivity contribution in [1.29, 1.82) is 0 Å². The Labute approximate surface area is 169 Å². The van der Waals surface area contributed by atoms with E-state index in [1.807, 2.05) is 54.6 Å². The third-order valence-corrected chi connectivity index (χ3v) is 4.50. The van der Waals surface area contributed by atoms with E-state index in [0.717, 1.165) is 34.3 Å². The normalized spacial score (nSPS) is 10.7. The van der Waals surface area contributed by atoms with Gasteiger partial charge in [0.2, 0.25) is 0 Å². The third kappa shape index (κ3) is 4.24. The molecule has 4 rings (SSSR count). The summed E-state index contributed by atoms with van der Waals surface area (Å²) in [4.78, 5) is 21.8. The number of amides is 1. The highest BCUT2D eigenvalue weighted by Gasteiger charge is 2.14. The van der Waals surface area contributed by atoms with Gasteiger partial charge in [-0.05, 0) is 42.8 Å². The van der Waals surface area contributed by atoms with Crippen LogP contribution in [0.5, 0.6) is 5.75 Å². The molecule has 2 heterocycles. The predicted octanol–water partition coefficient (Wildman–Crippen LogP) is 5.34. The van der Waals surface area contributed by atoms with E-state index in [1.165, 1.54) is 0 Å². The summed E-state index contributed by atoms with van der Waals surface area (Å²) in [7, 11) is 0. The molecule has 0 fully saturated rings. The van der Waals surface area contributed by atoms with E-state index in [2.05, 4.69) is 17.2 Å². The minimum atomic E-state index is -0.186. The standard InChI is InChI=1S/C24H21N3O2/c1-2-14-29-19-7-5-6-17(15-19)23-16-21(20-8-3-4-9-22(20)27-23)24(28)26-18-10-12-25-13-11-18/h3-13,15-16H,2,14H2,1H3,(H,25,26,28). The zero-order valence-corrected chi connectivity index (χ0v) is 16.1. The molecule has 0 aliphatic rings. The Balaban J connectivity index is 1.76. The number of hydrogen-bond acceptors (Lipinski definition) is 4. The van der Waals surface area contributed by atoms with Crippen LogP contribution in [0.25, 0.3) is 22.2 Å². The number of carbonyl (C=O) groups excluding carboxylic acids is 1. The number of rotatable bonds is 6. The first-order valence-electron chi connectivity index (χ1n) is 9.59. The van der Waals surface area contributed by atoms with Crippen molar-refractivity contribution in [1.82, 2.24) is 9.97 Å². The van der Waals surface area contributed by atoms with Crippen LogP contribution in [0, 0.1) is 0 Å². The molecule has 2 aromatic heterocycles. The molecule has 0 saturated heterocycles. The number of ether oxygens (including phenoxy) is 1. The minimum Gasteiger partial charge on any atom is -0.494 e. The number of nitrogens with zero attached hydrogens (tertiary/aromatic N) is 2. The molecule has 1 amide bonds. The van der Waals surface area contributed by atoms with Crippen LogP contribution in [0.2, 0.25) is 0 Å². The second-order valence-corrected chi connectivity index (χ2v) is 6.64. The smallest absolute Gasteiger partial charge is 0.256 e. The predicted molar refractivity (Wildman–Crippen MR) is 115 cm³/mol. The molecule has 2 aromatic carbocycles. The number of pyridine rings is 2. The number of para-hydroxylation sites is 1. The Hall–Kier alpha value is -3.73. The minimum absolute atomic E-state index is 0.186. The molecule has 0 spiro atoms. The molecule has 0 aliphatic carbocycles. The van der Waals surface area contributed by atoms with E-state index in [4.69, 9.17) is 9.72 Å². The van der Waals surface area contributed by atoms with E-state index in [1.54, 1.807) is 24.5 Å². The van der Waals surface area contributed by atoms with Gasteiger partial charge in [0.15, 0.2) is 0 Å². The molecular weight excluding hydrogens is 362 g/mol. The Morgan fingerprint density at radius 1 is 1.00 bits per heavy atom. The van der Waals surface area contributed by atoms with Gasteiger partial charge in [-0.3, -0.25) is 9.78 Å². The first kappa shape index (κ1) is 18.6. The van der Waals surface area contributed by atoms with Crippen molar-refractivity contribution >= 4 is 22.5 Å². The van der Waals surface area contributed by atoms with Crippen LogP contribution in [-0.4, -0.2) is 22.5 Å². The SMILES string of the molecule is CCCOc1cccc(-c2cc(C(=O)Nc3ccncc3)c3ccccc3n2)c1. The lowest BCUT2D eigenvalue weighted by molar-refractivity contribution is 0.102. The molecule has 5 nitrogen and oxygen atoms in total. The first-order valence-corrected chi connectivity index (χ1v) is 9.59. The van der Waals surface area contributed by atoms with E-state index in [0.29, 0.717) is 17.9 Å². The number of aromatic nitrogens is 2. The summed E-state index contributed by atoms with van der Waals surface area (Å²) in [5, 5.41) is 3.74. The molecular formula is C24H21N3O2. The van der Waals surface area contributed by atoms with Gasteiger partial charge in [0.25, 0.3) is 5.91 Å². The highest BCUT2D eigenvalue weighted by atomic mass is 16.5. The number of anilines is 1. The lowest BCUT2D eigenvalue weighted by atomic mass is 10.0. The van der Waals surface area contributed by atoms with Crippen molar-refractivity contribution < 1.29 is 9.53 Å². The fourth-order valence-corrected chi connectivity index (χ4v) is 3.11. The lowest BCUT2D eigenvalue weighted by Gasteiger charge is -2.11. The summed E-state index contributed by atoms with van der Waals surface area (Å²) in [5.74, 6) is 0.608. The Morgan fingerprint density at radius 2 is 1.83 bits per heavy atom. The average Bonchev–Trinajstić information content (AvgIpc) is 2.77. The second kappa shape index (κ2) is 8.52. The molecule has 144 valence electrons. The van der Waals surface area contributed by atoms with Crippen molar-refractivity contribution in [3.05, 3.63) is 84.7 Å². The van der Waals surface area contributed by atoms with Gasteiger partial charge in [-0.15, -0.1) is 0 Å². The number of benzene rings is 2. The number of nitrogens with one attached hydrogen (secondary N) is 1. The van der Waals surface area contributed by atoms with Crippen LogP contribution < -0.4 is 10.1 Å². The van der Waals surface area contributed by atoms with Gasteiger partial charge in [0.1, 0.15) is 5.75 Å². The van der Waals surface area contributed by atoms with Gasteiger partial charge in [-0.2, -0.15) is 0 Å². The van der Waals surface area contributed by atoms with Crippen LogP contribution in [0.4, 0.5) is 5.69 Å². The van der Waals surface area contributed by atoms with Crippen molar-refractivity contribution in [2.75, 3.05) is 11.9 Å². The number of carbonyl (C=O) groups is 1. The van der Waals surface area contributed by atoms with Gasteiger partial charge < -0.3 is 10.1 Å². The highest BCUT2D eigenvalue weighted by Crippen LogP contribution is 2.28. The van der Waals surface area contributed by atoms with E-state index in [-0.39, 0.29) is 5.91 Å². The van der Waals surface area contributed by atoms with Crippen LogP contribution in [0.1, 0.15) is 23.7 Å². The fourth-order valence-electron chi connectivity index (χ4n) is 3.11. The van der Waals surface area contributed by atoms with Gasteiger partial charge in [0.05, 0.1) is 23.4 Å². The molecule has 0 radical (unpaired) electrons. The average molecular weight is 383 g/mol. The quantitative estimate of drug-likeness (QED) is 0.488. The first-order chi connectivity index (χ1) is 14.2. The van der Waals surface area contributed by atoms with Gasteiger partial charge in [-0.25, -0.2) is 4.98 Å². The molecule has 1 N–H and O–H groups in total. The number of fused-ring (bicyclic) bond motifs is 1. The molecule has 0 bridgehead atoms. The van der Waals surface area contributed by atoms with E-state index in [9.17, 15) is 4.79 Å². The van der Waals surface area contributed by atoms with Crippen LogP contribution in [-0.2, 0) is 0 Å². The van der Waals surface area contributed by atoms with E-state index >= 15 is 0 Å². The van der Waals surface area contributed by atoms with Crippen LogP contribution >= 0.6 is 0 Å². The molecule has 29 heavy (non-hydrogen) atoms. The highest BCUT2D eigenvalue weighted by molar-refractivity contribution is 6.13. The maximum Gasteiger partial charge on any atom is 0.256 e. The molecule has 5 heteroatoms. The van der Waals surface area contributed by atoms with Crippen LogP contribution in [0.15, 0.2) is 79.1 Å². The molecule has 0 atom stereocenters. The summed E-state index contributed by atoms with van der Waals surface area (Å²) in [6, 6.07) is 20.8. The fraction of sp³-hybridized carbons (Fsp3) is 0.125. The Bertz CT molecular complexity index is 1140. The summed E-state index contributed by atoms with van der Waals surface area (Å²) < 4.78 is 5.75. The Kier molecular flexibility index (Phi) is 5.47. The topological polar surface area (TPSA) is 64.1 Å². The van der Waals surface area contributed by atoms with Crippen LogP contribution in [0.3, 0.4) is 0 Å². The Morgan fingerprint density at radius 3 is 2.66 bits per heavy atom. The molecule has 0 aliphatic heterocycles. The monoisotopic (exact) mass is 383 g/mol. The maximum atomic E-state index is 13.0. The number of hydrogen-bond donors (Lipinski definition) is 1. The van der Waals surface area contributed by atoms with Gasteiger partial charge >= 0.3 is 0 Å². The molecule has 0 saturated carbocycles. The second-order valence-electron chi connectivity index (χ2n) is 6.64. The van der Waals surface area contributed by atoms with Gasteiger partial charge in [-0.1, -0.05) is 37.3 Å². The molecule has 0 unspecified atom stereocenters. The van der Waals surface area contributed by atoms with Crippen molar-refractivity contribution in [2.45, 2.75) is 13.3 Å². The van der Waals surface area contributed by atoms with Gasteiger partial charge in [0, 0.05) is 29.0 Å². The summed E-state index contributed by atoms with van der Waals surface area (Å²) in [6.45, 7) is 2.73. The van der Waals surface area contributed by atoms with Crippen molar-refractivity contribution in [3.63, 3.8) is 0 Å². The summed E-state index contributed by atoms with van der Waals surface area (Å²) >= 11 is 0. The van der Waals surface area contributed by atoms with Crippen molar-refractivity contribution in [3.8, 4) is 17.0 Å². The van der Waals surface area contributed by atoms with E-state index < -0.39 is 0 Å². The summed E-state index contributed by atoms with van der Waals surface area (Å²) in [5.41, 5.74) is 3.67. The summed E-state index contributed by atoms with van der Waals surface area (Å²) in [6.07, 6.45) is 4.23. The maximum absolute atomic E-state index is 13.0.